The smallest absolute Gasteiger partial charge is 0.293 e. The number of aryl methyl sites for hydroxylation is 1. The van der Waals surface area contributed by atoms with Crippen molar-refractivity contribution in [3.63, 3.8) is 0 Å². The number of imidazole rings is 1. The molecule has 1 aliphatic heterocycles. The van der Waals surface area contributed by atoms with Crippen molar-refractivity contribution in [3.05, 3.63) is 23.8 Å². The van der Waals surface area contributed by atoms with E-state index >= 15 is 0 Å². The number of anilines is 2. The summed E-state index contributed by atoms with van der Waals surface area (Å²) in [6.45, 7) is 6.76. The molecule has 3 aromatic heterocycles. The molecular weight excluding hydrogens is 532 g/mol. The Kier molecular flexibility index (Phi) is 8.98. The minimum atomic E-state index is -1.02. The maximum absolute atomic E-state index is 11.6. The molecule has 0 spiro atoms. The number of hydrogen-bond donors (Lipinski definition) is 3. The van der Waals surface area contributed by atoms with Gasteiger partial charge in [0.2, 0.25) is 5.95 Å². The van der Waals surface area contributed by atoms with Crippen molar-refractivity contribution in [1.82, 2.24) is 24.7 Å². The highest BCUT2D eigenvalue weighted by Gasteiger charge is 2.51. The number of rotatable bonds is 13. The van der Waals surface area contributed by atoms with E-state index in [1.165, 1.54) is 0 Å². The second-order valence-electron chi connectivity index (χ2n) is 10.5. The largest absolute Gasteiger partial charge is 0.457 e. The number of fused-ring (bicyclic) bond motifs is 1. The van der Waals surface area contributed by atoms with Crippen LogP contribution in [0.15, 0.2) is 16.9 Å². The van der Waals surface area contributed by atoms with Gasteiger partial charge in [0, 0.05) is 24.2 Å². The number of ether oxygens (including phenoxy) is 3. The molecular formula is C27H38N8O6. The van der Waals surface area contributed by atoms with Gasteiger partial charge in [0.1, 0.15) is 0 Å². The monoisotopic (exact) mass is 570 g/mol. The van der Waals surface area contributed by atoms with Crippen molar-refractivity contribution in [3.8, 4) is 0 Å². The molecule has 1 saturated heterocycles. The van der Waals surface area contributed by atoms with Crippen molar-refractivity contribution < 1.29 is 28.3 Å². The minimum absolute atomic E-state index is 0.182. The second kappa shape index (κ2) is 12.8. The maximum atomic E-state index is 11.6. The first kappa shape index (κ1) is 28.7. The normalized spacial score (nSPS) is 26.3. The van der Waals surface area contributed by atoms with E-state index in [1.54, 1.807) is 17.0 Å². The summed E-state index contributed by atoms with van der Waals surface area (Å²) in [5, 5.41) is 11.0. The van der Waals surface area contributed by atoms with Gasteiger partial charge in [-0.2, -0.15) is 9.97 Å². The van der Waals surface area contributed by atoms with Gasteiger partial charge in [-0.15, -0.1) is 0 Å². The van der Waals surface area contributed by atoms with Crippen LogP contribution in [-0.4, -0.2) is 68.0 Å². The van der Waals surface area contributed by atoms with Crippen LogP contribution in [0.3, 0.4) is 0 Å². The maximum Gasteiger partial charge on any atom is 0.293 e. The van der Waals surface area contributed by atoms with Crippen LogP contribution in [0.2, 0.25) is 0 Å². The fourth-order valence-corrected chi connectivity index (χ4v) is 5.54. The number of carbonyl (C=O) groups is 2. The Hall–Kier alpha value is -3.78. The van der Waals surface area contributed by atoms with Crippen LogP contribution in [0.25, 0.3) is 11.2 Å². The minimum Gasteiger partial charge on any atom is -0.457 e. The average Bonchev–Trinajstić information content (AvgIpc) is 3.71. The van der Waals surface area contributed by atoms with E-state index in [4.69, 9.17) is 34.4 Å². The van der Waals surface area contributed by atoms with Crippen LogP contribution in [0.5, 0.6) is 0 Å². The number of nitrogens with zero attached hydrogens (tertiary/aromatic N) is 5. The summed E-state index contributed by atoms with van der Waals surface area (Å²) < 4.78 is 24.4. The van der Waals surface area contributed by atoms with Crippen LogP contribution >= 0.6 is 0 Å². The standard InChI is InChI=1S/C27H38N8O6/c1-4-16(5-2)30-24-20-25(33-27(32-24)31-18-9-7-15(28)8-10-18)35(12-29-20)26-23(39-14-37)22(38-13-36)21(40-26)19-11-17(6-3)34-41-19/h11-16,18,21-23,26H,4-10,28H2,1-3H3,(H2,30,31,32,33)/t15?,18?,21-,22-,23-,26-/m1/s1. The third-order valence-electron chi connectivity index (χ3n) is 7.96. The zero-order valence-corrected chi connectivity index (χ0v) is 23.6. The first-order chi connectivity index (χ1) is 20.0. The first-order valence-corrected chi connectivity index (χ1v) is 14.3. The zero-order chi connectivity index (χ0) is 28.9. The molecule has 14 heteroatoms. The van der Waals surface area contributed by atoms with Crippen LogP contribution in [0.1, 0.15) is 83.1 Å². The highest BCUT2D eigenvalue weighted by Crippen LogP contribution is 2.43. The van der Waals surface area contributed by atoms with Crippen LogP contribution in [0, 0.1) is 0 Å². The number of aromatic nitrogens is 5. The Balaban J connectivity index is 1.55. The van der Waals surface area contributed by atoms with E-state index in [9.17, 15) is 9.59 Å². The molecule has 222 valence electrons. The molecule has 4 atom stereocenters. The summed E-state index contributed by atoms with van der Waals surface area (Å²) in [4.78, 5) is 37.3. The Labute approximate surface area is 237 Å². The molecule has 0 bridgehead atoms. The van der Waals surface area contributed by atoms with E-state index in [-0.39, 0.29) is 18.1 Å². The molecule has 2 fully saturated rings. The van der Waals surface area contributed by atoms with Gasteiger partial charge in [-0.1, -0.05) is 25.9 Å². The highest BCUT2D eigenvalue weighted by molar-refractivity contribution is 5.84. The predicted octanol–water partition coefficient (Wildman–Crippen LogP) is 3.01. The van der Waals surface area contributed by atoms with Crippen molar-refractivity contribution >= 4 is 35.9 Å². The molecule has 5 rings (SSSR count). The van der Waals surface area contributed by atoms with Crippen molar-refractivity contribution in [2.24, 2.45) is 5.73 Å². The Morgan fingerprint density at radius 3 is 2.49 bits per heavy atom. The van der Waals surface area contributed by atoms with Gasteiger partial charge in [-0.25, -0.2) is 4.98 Å². The molecule has 1 saturated carbocycles. The Morgan fingerprint density at radius 2 is 1.83 bits per heavy atom. The predicted molar refractivity (Wildman–Crippen MR) is 148 cm³/mol. The lowest BCUT2D eigenvalue weighted by atomic mass is 9.92. The van der Waals surface area contributed by atoms with Gasteiger partial charge in [0.15, 0.2) is 47.3 Å². The second-order valence-corrected chi connectivity index (χ2v) is 10.5. The molecule has 14 nitrogen and oxygen atoms in total. The van der Waals surface area contributed by atoms with Gasteiger partial charge in [-0.3, -0.25) is 14.2 Å². The zero-order valence-electron chi connectivity index (χ0n) is 23.6. The SMILES string of the molecule is CCc1cc([C@H]2O[C@@H](n3cnc4c(NC(CC)CC)nc(NC5CCC(N)CC5)nc43)[C@H](OC=O)[C@@H]2OC=O)on1. The van der Waals surface area contributed by atoms with Crippen LogP contribution in [0.4, 0.5) is 11.8 Å². The molecule has 1 aliphatic carbocycles. The summed E-state index contributed by atoms with van der Waals surface area (Å²) in [6, 6.07) is 2.32. The van der Waals surface area contributed by atoms with Crippen molar-refractivity contribution in [2.45, 2.75) is 108 Å². The van der Waals surface area contributed by atoms with Gasteiger partial charge < -0.3 is 35.1 Å². The van der Waals surface area contributed by atoms with E-state index < -0.39 is 24.5 Å². The van der Waals surface area contributed by atoms with Gasteiger partial charge in [0.05, 0.1) is 12.0 Å². The molecule has 0 unspecified atom stereocenters. The van der Waals surface area contributed by atoms with E-state index in [0.29, 0.717) is 53.7 Å². The molecule has 4 N–H and O–H groups in total. The number of hydrogen-bond acceptors (Lipinski definition) is 13. The lowest BCUT2D eigenvalue weighted by molar-refractivity contribution is -0.151. The third kappa shape index (κ3) is 5.98. The lowest BCUT2D eigenvalue weighted by Gasteiger charge is -2.27. The van der Waals surface area contributed by atoms with Crippen LogP contribution < -0.4 is 16.4 Å². The van der Waals surface area contributed by atoms with E-state index in [2.05, 4.69) is 34.6 Å². The molecule has 4 heterocycles. The summed E-state index contributed by atoms with van der Waals surface area (Å²) in [7, 11) is 0. The molecule has 3 aromatic rings. The topological polar surface area (TPSA) is 182 Å². The van der Waals surface area contributed by atoms with E-state index in [0.717, 1.165) is 38.5 Å². The number of nitrogens with two attached hydrogens (primary N) is 1. The van der Waals surface area contributed by atoms with Gasteiger partial charge in [0.25, 0.3) is 12.9 Å². The molecule has 0 radical (unpaired) electrons. The van der Waals surface area contributed by atoms with Crippen LogP contribution in [-0.2, 0) is 30.2 Å². The quantitative estimate of drug-likeness (QED) is 0.255. The Bertz CT molecular complexity index is 1320. The fraction of sp³-hybridized carbons (Fsp3) is 0.630. The van der Waals surface area contributed by atoms with Crippen molar-refractivity contribution in [2.75, 3.05) is 10.6 Å². The van der Waals surface area contributed by atoms with Crippen molar-refractivity contribution in [1.29, 1.82) is 0 Å². The summed E-state index contributed by atoms with van der Waals surface area (Å²) in [6.07, 6.45) is 3.87. The Morgan fingerprint density at radius 1 is 1.10 bits per heavy atom. The summed E-state index contributed by atoms with van der Waals surface area (Å²) in [5.41, 5.74) is 7.82. The van der Waals surface area contributed by atoms with Gasteiger partial charge >= 0.3 is 0 Å². The summed E-state index contributed by atoms with van der Waals surface area (Å²) in [5.74, 6) is 1.38. The van der Waals surface area contributed by atoms with E-state index in [1.807, 2.05) is 6.92 Å². The third-order valence-corrected chi connectivity index (χ3v) is 7.96. The molecule has 0 amide bonds. The fourth-order valence-electron chi connectivity index (χ4n) is 5.54. The lowest BCUT2D eigenvalue weighted by Crippen LogP contribution is -2.34. The molecule has 2 aliphatic rings. The highest BCUT2D eigenvalue weighted by atomic mass is 16.6. The number of nitrogens with one attached hydrogen (secondary N) is 2. The van der Waals surface area contributed by atoms with Gasteiger partial charge in [-0.05, 0) is 44.9 Å². The first-order valence-electron chi connectivity index (χ1n) is 14.3. The molecule has 41 heavy (non-hydrogen) atoms. The average molecular weight is 571 g/mol. The molecule has 0 aromatic carbocycles. The number of carbonyl (C=O) groups excluding carboxylic acids is 2. The summed E-state index contributed by atoms with van der Waals surface area (Å²) >= 11 is 0.